The number of benzene rings is 2. The van der Waals surface area contributed by atoms with E-state index < -0.39 is 16.7 Å². The Morgan fingerprint density at radius 3 is 1.91 bits per heavy atom. The third kappa shape index (κ3) is 3.44. The molecule has 0 bridgehead atoms. The van der Waals surface area contributed by atoms with Crippen LogP contribution in [0.3, 0.4) is 0 Å². The molecule has 0 radical (unpaired) electrons. The van der Waals surface area contributed by atoms with Crippen molar-refractivity contribution in [2.75, 3.05) is 5.32 Å². The number of rotatable bonds is 4. The molecular weight excluding hydrogens is 288 g/mol. The van der Waals surface area contributed by atoms with Gasteiger partial charge in [0.2, 0.25) is 0 Å². The van der Waals surface area contributed by atoms with Crippen molar-refractivity contribution in [1.82, 2.24) is 5.43 Å². The molecule has 0 fully saturated rings. The zero-order chi connectivity index (χ0) is 16.1. The van der Waals surface area contributed by atoms with E-state index in [9.17, 15) is 19.7 Å². The molecule has 112 valence electrons. The Labute approximate surface area is 125 Å². The summed E-state index contributed by atoms with van der Waals surface area (Å²) in [4.78, 5) is 33.3. The lowest BCUT2D eigenvalue weighted by molar-refractivity contribution is -0.384. The van der Waals surface area contributed by atoms with Crippen molar-refractivity contribution < 1.29 is 14.5 Å². The molecule has 0 atom stereocenters. The first-order valence-corrected chi connectivity index (χ1v) is 6.18. The summed E-state index contributed by atoms with van der Waals surface area (Å²) in [5, 5.41) is 13.2. The number of nitrogens with zero attached hydrogens (tertiary/aromatic N) is 1. The van der Waals surface area contributed by atoms with Crippen molar-refractivity contribution in [3.05, 3.63) is 69.8 Å². The number of amides is 2. The minimum atomic E-state index is -0.539. The molecule has 0 aliphatic carbocycles. The van der Waals surface area contributed by atoms with Crippen LogP contribution in [0.4, 0.5) is 11.4 Å². The van der Waals surface area contributed by atoms with Gasteiger partial charge in [-0.1, -0.05) is 0 Å². The molecule has 0 spiro atoms. The minimum absolute atomic E-state index is 0.0892. The first-order chi connectivity index (χ1) is 10.5. The largest absolute Gasteiger partial charge is 0.322 e. The molecule has 0 aliphatic heterocycles. The van der Waals surface area contributed by atoms with Crippen LogP contribution in [0.1, 0.15) is 20.7 Å². The minimum Gasteiger partial charge on any atom is -0.322 e. The van der Waals surface area contributed by atoms with Gasteiger partial charge in [0.05, 0.1) is 4.92 Å². The van der Waals surface area contributed by atoms with Crippen LogP contribution in [0.15, 0.2) is 48.5 Å². The molecule has 8 heteroatoms. The zero-order valence-corrected chi connectivity index (χ0v) is 11.3. The Morgan fingerprint density at radius 1 is 0.909 bits per heavy atom. The van der Waals surface area contributed by atoms with Gasteiger partial charge in [-0.2, -0.15) is 0 Å². The van der Waals surface area contributed by atoms with E-state index in [1.54, 1.807) is 12.1 Å². The number of nitrogen functional groups attached to an aromatic ring is 1. The number of non-ortho nitro benzene ring substituents is 1. The second-order valence-electron chi connectivity index (χ2n) is 4.31. The van der Waals surface area contributed by atoms with E-state index >= 15 is 0 Å². The molecule has 0 saturated carbocycles. The van der Waals surface area contributed by atoms with E-state index in [0.29, 0.717) is 11.3 Å². The predicted octanol–water partition coefficient (Wildman–Crippen LogP) is 1.45. The van der Waals surface area contributed by atoms with Crippen molar-refractivity contribution in [3.8, 4) is 0 Å². The molecule has 2 aromatic rings. The summed E-state index contributed by atoms with van der Waals surface area (Å²) in [7, 11) is 0. The van der Waals surface area contributed by atoms with Crippen molar-refractivity contribution in [1.29, 1.82) is 0 Å². The molecule has 0 aliphatic rings. The van der Waals surface area contributed by atoms with E-state index in [2.05, 4.69) is 5.32 Å². The predicted molar refractivity (Wildman–Crippen MR) is 79.1 cm³/mol. The van der Waals surface area contributed by atoms with Crippen molar-refractivity contribution in [3.63, 3.8) is 0 Å². The Morgan fingerprint density at radius 2 is 1.41 bits per heavy atom. The highest BCUT2D eigenvalue weighted by Crippen LogP contribution is 2.14. The van der Waals surface area contributed by atoms with Crippen LogP contribution in [-0.4, -0.2) is 16.7 Å². The molecule has 0 heterocycles. The Kier molecular flexibility index (Phi) is 4.44. The second kappa shape index (κ2) is 6.46. The topological polar surface area (TPSA) is 127 Å². The summed E-state index contributed by atoms with van der Waals surface area (Å²) in [6.45, 7) is 0. The third-order valence-electron chi connectivity index (χ3n) is 2.88. The molecule has 2 aromatic carbocycles. The summed E-state index contributed by atoms with van der Waals surface area (Å²) in [5.74, 6) is 4.17. The third-order valence-corrected chi connectivity index (χ3v) is 2.88. The van der Waals surface area contributed by atoms with Crippen LogP contribution < -0.4 is 16.6 Å². The molecule has 2 amide bonds. The van der Waals surface area contributed by atoms with Gasteiger partial charge in [-0.3, -0.25) is 25.1 Å². The lowest BCUT2D eigenvalue weighted by atomic mass is 10.1. The summed E-state index contributed by atoms with van der Waals surface area (Å²) in [6.07, 6.45) is 0. The Bertz CT molecular complexity index is 711. The maximum atomic E-state index is 12.0. The average Bonchev–Trinajstić information content (AvgIpc) is 2.54. The summed E-state index contributed by atoms with van der Waals surface area (Å²) in [5.41, 5.74) is 3.04. The quantitative estimate of drug-likeness (QED) is 0.341. The van der Waals surface area contributed by atoms with Crippen LogP contribution in [0, 0.1) is 10.1 Å². The van der Waals surface area contributed by atoms with Gasteiger partial charge >= 0.3 is 0 Å². The molecule has 22 heavy (non-hydrogen) atoms. The molecule has 0 aromatic heterocycles. The number of carbonyl (C=O) groups excluding carboxylic acids is 2. The number of hydrogen-bond donors (Lipinski definition) is 3. The van der Waals surface area contributed by atoms with Crippen LogP contribution in [0.5, 0.6) is 0 Å². The van der Waals surface area contributed by atoms with E-state index in [0.717, 1.165) is 0 Å². The normalized spacial score (nSPS) is 9.86. The number of carbonyl (C=O) groups is 2. The Hall–Kier alpha value is -3.26. The summed E-state index contributed by atoms with van der Waals surface area (Å²) >= 11 is 0. The van der Waals surface area contributed by atoms with Crippen molar-refractivity contribution in [2.45, 2.75) is 0 Å². The smallest absolute Gasteiger partial charge is 0.269 e. The maximum absolute atomic E-state index is 12.0. The number of nitrogens with one attached hydrogen (secondary N) is 2. The molecular formula is C14H12N4O4. The first kappa shape index (κ1) is 15.1. The molecule has 2 rings (SSSR count). The molecule has 8 nitrogen and oxygen atoms in total. The van der Waals surface area contributed by atoms with Gasteiger partial charge in [0.25, 0.3) is 17.5 Å². The van der Waals surface area contributed by atoms with Gasteiger partial charge < -0.3 is 5.32 Å². The highest BCUT2D eigenvalue weighted by atomic mass is 16.6. The fourth-order valence-corrected chi connectivity index (χ4v) is 1.73. The highest BCUT2D eigenvalue weighted by Gasteiger charge is 2.10. The van der Waals surface area contributed by atoms with Gasteiger partial charge in [-0.05, 0) is 36.4 Å². The van der Waals surface area contributed by atoms with E-state index in [4.69, 9.17) is 5.84 Å². The maximum Gasteiger partial charge on any atom is 0.269 e. The van der Waals surface area contributed by atoms with E-state index in [1.165, 1.54) is 36.4 Å². The van der Waals surface area contributed by atoms with Crippen LogP contribution in [0.25, 0.3) is 0 Å². The van der Waals surface area contributed by atoms with Gasteiger partial charge in [-0.25, -0.2) is 5.84 Å². The summed E-state index contributed by atoms with van der Waals surface area (Å²) in [6, 6.07) is 11.4. The standard InChI is InChI=1S/C14H12N4O4/c15-17-14(20)10-1-5-11(6-2-10)16-13(19)9-3-7-12(8-4-9)18(21)22/h1-8H,15H2,(H,16,19)(H,17,20). The number of nitro benzene ring substituents is 1. The molecule has 0 saturated heterocycles. The highest BCUT2D eigenvalue weighted by molar-refractivity contribution is 6.04. The van der Waals surface area contributed by atoms with E-state index in [1.807, 2.05) is 5.43 Å². The fourth-order valence-electron chi connectivity index (χ4n) is 1.73. The number of hydrogen-bond acceptors (Lipinski definition) is 5. The van der Waals surface area contributed by atoms with Gasteiger partial charge in [0, 0.05) is 28.9 Å². The number of hydrazine groups is 1. The second-order valence-corrected chi connectivity index (χ2v) is 4.31. The number of nitro groups is 1. The van der Waals surface area contributed by atoms with Crippen LogP contribution in [-0.2, 0) is 0 Å². The average molecular weight is 300 g/mol. The lowest BCUT2D eigenvalue weighted by Gasteiger charge is -2.06. The van der Waals surface area contributed by atoms with Gasteiger partial charge in [0.15, 0.2) is 0 Å². The molecule has 0 unspecified atom stereocenters. The fraction of sp³-hybridized carbons (Fsp3) is 0. The summed E-state index contributed by atoms with van der Waals surface area (Å²) < 4.78 is 0. The van der Waals surface area contributed by atoms with Gasteiger partial charge in [-0.15, -0.1) is 0 Å². The monoisotopic (exact) mass is 300 g/mol. The Balaban J connectivity index is 2.08. The van der Waals surface area contributed by atoms with Gasteiger partial charge in [0.1, 0.15) is 0 Å². The van der Waals surface area contributed by atoms with Crippen LogP contribution >= 0.6 is 0 Å². The van der Waals surface area contributed by atoms with Crippen molar-refractivity contribution in [2.24, 2.45) is 5.84 Å². The first-order valence-electron chi connectivity index (χ1n) is 6.18. The van der Waals surface area contributed by atoms with Crippen LogP contribution in [0.2, 0.25) is 0 Å². The van der Waals surface area contributed by atoms with Crippen molar-refractivity contribution >= 4 is 23.2 Å². The SMILES string of the molecule is NNC(=O)c1ccc(NC(=O)c2ccc([N+](=O)[O-])cc2)cc1. The van der Waals surface area contributed by atoms with E-state index in [-0.39, 0.29) is 11.3 Å². The molecule has 4 N–H and O–H groups in total. The lowest BCUT2D eigenvalue weighted by Crippen LogP contribution is -2.29. The number of anilines is 1. The zero-order valence-electron chi connectivity index (χ0n) is 11.3. The number of nitrogens with two attached hydrogens (primary N) is 1.